The van der Waals surface area contributed by atoms with Crippen molar-refractivity contribution in [3.8, 4) is 0 Å². The summed E-state index contributed by atoms with van der Waals surface area (Å²) in [5, 5.41) is 3.99. The molecule has 0 spiro atoms. The number of carbonyl (C=O) groups excluding carboxylic acids is 2. The first-order valence-corrected chi connectivity index (χ1v) is 9.88. The first-order chi connectivity index (χ1) is 12.0. The lowest BCUT2D eigenvalue weighted by atomic mass is 9.95. The maximum absolute atomic E-state index is 12.6. The molecule has 3 rings (SSSR count). The Balaban J connectivity index is 1.79. The molecule has 134 valence electrons. The van der Waals surface area contributed by atoms with Gasteiger partial charge >= 0.3 is 5.97 Å². The minimum atomic E-state index is -0.376. The van der Waals surface area contributed by atoms with Crippen molar-refractivity contribution in [1.29, 1.82) is 0 Å². The van der Waals surface area contributed by atoms with Crippen molar-refractivity contribution in [3.05, 3.63) is 28.4 Å². The number of thioether (sulfide) groups is 1. The molecular formula is C17H21N3O3S2. The maximum Gasteiger partial charge on any atom is 0.341 e. The molecule has 1 N–H and O–H groups in total. The summed E-state index contributed by atoms with van der Waals surface area (Å²) in [6.45, 7) is 1.83. The number of methoxy groups -OCH3 is 1. The Morgan fingerprint density at radius 2 is 2.16 bits per heavy atom. The standard InChI is InChI=1S/C17H21N3O3S2/c1-10(24-17-18-8-9-20(17)2)14(21)19-15-13(16(22)23-3)11-6-4-5-7-12(11)25-15/h8-10H,4-7H2,1-3H3,(H,19,21). The molecule has 25 heavy (non-hydrogen) atoms. The van der Waals surface area contributed by atoms with Crippen LogP contribution in [-0.2, 0) is 29.4 Å². The molecule has 0 aromatic carbocycles. The van der Waals surface area contributed by atoms with Crippen molar-refractivity contribution in [3.63, 3.8) is 0 Å². The average molecular weight is 380 g/mol. The largest absolute Gasteiger partial charge is 0.465 e. The van der Waals surface area contributed by atoms with Crippen LogP contribution in [0.2, 0.25) is 0 Å². The Bertz CT molecular complexity index is 797. The number of imidazole rings is 1. The molecule has 2 aromatic rings. The fourth-order valence-electron chi connectivity index (χ4n) is 2.86. The van der Waals surface area contributed by atoms with E-state index in [4.69, 9.17) is 4.74 Å². The normalized spacial score (nSPS) is 14.7. The van der Waals surface area contributed by atoms with Gasteiger partial charge in [0, 0.05) is 24.3 Å². The second-order valence-electron chi connectivity index (χ2n) is 5.98. The lowest BCUT2D eigenvalue weighted by Gasteiger charge is -2.13. The number of hydrogen-bond acceptors (Lipinski definition) is 6. The molecule has 0 saturated carbocycles. The molecule has 1 unspecified atom stereocenters. The van der Waals surface area contributed by atoms with Gasteiger partial charge in [0.2, 0.25) is 5.91 Å². The number of carbonyl (C=O) groups is 2. The van der Waals surface area contributed by atoms with Crippen LogP contribution >= 0.6 is 23.1 Å². The van der Waals surface area contributed by atoms with Gasteiger partial charge in [0.25, 0.3) is 0 Å². The van der Waals surface area contributed by atoms with E-state index < -0.39 is 0 Å². The van der Waals surface area contributed by atoms with Gasteiger partial charge in [-0.1, -0.05) is 11.8 Å². The number of ether oxygens (including phenoxy) is 1. The number of esters is 1. The van der Waals surface area contributed by atoms with E-state index in [-0.39, 0.29) is 17.1 Å². The average Bonchev–Trinajstić information content (AvgIpc) is 3.17. The molecule has 6 nitrogen and oxygen atoms in total. The highest BCUT2D eigenvalue weighted by Gasteiger charge is 2.28. The molecule has 0 aliphatic heterocycles. The van der Waals surface area contributed by atoms with Crippen LogP contribution < -0.4 is 5.32 Å². The van der Waals surface area contributed by atoms with E-state index >= 15 is 0 Å². The SMILES string of the molecule is COC(=O)c1c(NC(=O)C(C)Sc2nccn2C)sc2c1CCCC2. The van der Waals surface area contributed by atoms with Gasteiger partial charge in [0.1, 0.15) is 5.00 Å². The van der Waals surface area contributed by atoms with Crippen LogP contribution in [0.3, 0.4) is 0 Å². The van der Waals surface area contributed by atoms with E-state index in [0.717, 1.165) is 36.4 Å². The van der Waals surface area contributed by atoms with E-state index in [1.807, 2.05) is 24.7 Å². The number of aryl methyl sites for hydroxylation is 2. The zero-order chi connectivity index (χ0) is 18.0. The maximum atomic E-state index is 12.6. The van der Waals surface area contributed by atoms with Gasteiger partial charge in [-0.05, 0) is 38.2 Å². The summed E-state index contributed by atoms with van der Waals surface area (Å²) in [6.07, 6.45) is 7.55. The molecule has 2 aromatic heterocycles. The molecular weight excluding hydrogens is 358 g/mol. The number of anilines is 1. The zero-order valence-electron chi connectivity index (χ0n) is 14.5. The summed E-state index contributed by atoms with van der Waals surface area (Å²) in [4.78, 5) is 30.3. The Kier molecular flexibility index (Phi) is 5.48. The zero-order valence-corrected chi connectivity index (χ0v) is 16.1. The Hall–Kier alpha value is -1.80. The number of nitrogens with zero attached hydrogens (tertiary/aromatic N) is 2. The van der Waals surface area contributed by atoms with Gasteiger partial charge in [-0.25, -0.2) is 9.78 Å². The molecule has 1 aliphatic carbocycles. The third-order valence-corrected chi connectivity index (χ3v) is 6.61. The van der Waals surface area contributed by atoms with E-state index in [1.165, 1.54) is 35.1 Å². The highest BCUT2D eigenvalue weighted by Crippen LogP contribution is 2.39. The van der Waals surface area contributed by atoms with E-state index in [0.29, 0.717) is 10.6 Å². The van der Waals surface area contributed by atoms with Crippen LogP contribution in [0.1, 0.15) is 40.6 Å². The number of nitrogens with one attached hydrogen (secondary N) is 1. The molecule has 0 fully saturated rings. The lowest BCUT2D eigenvalue weighted by molar-refractivity contribution is -0.115. The van der Waals surface area contributed by atoms with Crippen LogP contribution in [-0.4, -0.2) is 33.8 Å². The third kappa shape index (κ3) is 3.74. The monoisotopic (exact) mass is 379 g/mol. The Morgan fingerprint density at radius 1 is 1.40 bits per heavy atom. The second kappa shape index (κ2) is 7.61. The summed E-state index contributed by atoms with van der Waals surface area (Å²) >= 11 is 2.89. The Morgan fingerprint density at radius 3 is 2.84 bits per heavy atom. The summed E-state index contributed by atoms with van der Waals surface area (Å²) in [6, 6.07) is 0. The fourth-order valence-corrected chi connectivity index (χ4v) is 4.97. The van der Waals surface area contributed by atoms with Crippen molar-refractivity contribution >= 4 is 40.0 Å². The molecule has 8 heteroatoms. The molecule has 1 aliphatic rings. The number of thiophene rings is 1. The van der Waals surface area contributed by atoms with E-state index in [2.05, 4.69) is 10.3 Å². The lowest BCUT2D eigenvalue weighted by Crippen LogP contribution is -2.23. The van der Waals surface area contributed by atoms with E-state index in [1.54, 1.807) is 6.20 Å². The molecule has 0 saturated heterocycles. The summed E-state index contributed by atoms with van der Waals surface area (Å²) in [5.74, 6) is -0.518. The highest BCUT2D eigenvalue weighted by atomic mass is 32.2. The van der Waals surface area contributed by atoms with E-state index in [9.17, 15) is 9.59 Å². The van der Waals surface area contributed by atoms with Gasteiger partial charge in [0.15, 0.2) is 5.16 Å². The highest BCUT2D eigenvalue weighted by molar-refractivity contribution is 8.00. The van der Waals surface area contributed by atoms with Crippen molar-refractivity contribution < 1.29 is 14.3 Å². The summed E-state index contributed by atoms with van der Waals surface area (Å²) in [7, 11) is 3.27. The summed E-state index contributed by atoms with van der Waals surface area (Å²) in [5.41, 5.74) is 1.58. The number of rotatable bonds is 5. The topological polar surface area (TPSA) is 73.2 Å². The van der Waals surface area contributed by atoms with Gasteiger partial charge in [-0.3, -0.25) is 4.79 Å². The predicted molar refractivity (Wildman–Crippen MR) is 99.5 cm³/mol. The van der Waals surface area contributed by atoms with Crippen molar-refractivity contribution in [2.24, 2.45) is 7.05 Å². The van der Waals surface area contributed by atoms with Gasteiger partial charge in [0.05, 0.1) is 17.9 Å². The Labute approximate surface area is 155 Å². The fraction of sp³-hybridized carbons (Fsp3) is 0.471. The number of amides is 1. The molecule has 1 amide bonds. The van der Waals surface area contributed by atoms with Crippen molar-refractivity contribution in [2.45, 2.75) is 43.0 Å². The quantitative estimate of drug-likeness (QED) is 0.638. The van der Waals surface area contributed by atoms with Crippen LogP contribution in [0.25, 0.3) is 0 Å². The minimum Gasteiger partial charge on any atom is -0.465 e. The molecule has 1 atom stereocenters. The van der Waals surface area contributed by atoms with Crippen molar-refractivity contribution in [2.75, 3.05) is 12.4 Å². The van der Waals surface area contributed by atoms with Gasteiger partial charge < -0.3 is 14.6 Å². The van der Waals surface area contributed by atoms with Crippen LogP contribution in [0.15, 0.2) is 17.6 Å². The number of aromatic nitrogens is 2. The van der Waals surface area contributed by atoms with Crippen LogP contribution in [0, 0.1) is 0 Å². The molecule has 2 heterocycles. The van der Waals surface area contributed by atoms with Crippen LogP contribution in [0.4, 0.5) is 5.00 Å². The minimum absolute atomic E-state index is 0.142. The summed E-state index contributed by atoms with van der Waals surface area (Å²) < 4.78 is 6.82. The third-order valence-electron chi connectivity index (χ3n) is 4.23. The first-order valence-electron chi connectivity index (χ1n) is 8.19. The molecule has 0 radical (unpaired) electrons. The smallest absolute Gasteiger partial charge is 0.341 e. The van der Waals surface area contributed by atoms with Crippen LogP contribution in [0.5, 0.6) is 0 Å². The number of fused-ring (bicyclic) bond motifs is 1. The van der Waals surface area contributed by atoms with Gasteiger partial charge in [-0.15, -0.1) is 11.3 Å². The number of hydrogen-bond donors (Lipinski definition) is 1. The van der Waals surface area contributed by atoms with Crippen molar-refractivity contribution in [1.82, 2.24) is 9.55 Å². The predicted octanol–water partition coefficient (Wildman–Crippen LogP) is 3.27. The first kappa shape index (κ1) is 18.0. The van der Waals surface area contributed by atoms with Gasteiger partial charge in [-0.2, -0.15) is 0 Å². The molecule has 0 bridgehead atoms. The second-order valence-corrected chi connectivity index (χ2v) is 8.39.